The Hall–Kier alpha value is -1.55. The molecule has 1 N–H and O–H groups in total. The molecule has 5 heteroatoms. The monoisotopic (exact) mass is 308 g/mol. The minimum Gasteiger partial charge on any atom is -0.353 e. The van der Waals surface area contributed by atoms with E-state index in [1.165, 1.54) is 6.92 Å². The van der Waals surface area contributed by atoms with E-state index in [9.17, 15) is 9.59 Å². The van der Waals surface area contributed by atoms with Crippen molar-refractivity contribution in [2.75, 3.05) is 13.1 Å². The predicted octanol–water partition coefficient (Wildman–Crippen LogP) is 2.40. The van der Waals surface area contributed by atoms with Gasteiger partial charge in [0.2, 0.25) is 11.8 Å². The summed E-state index contributed by atoms with van der Waals surface area (Å²) in [5.41, 5.74) is 1.13. The first kappa shape index (κ1) is 15.8. The van der Waals surface area contributed by atoms with E-state index in [-0.39, 0.29) is 17.9 Å². The second kappa shape index (κ2) is 7.46. The van der Waals surface area contributed by atoms with E-state index in [0.29, 0.717) is 11.4 Å². The Morgan fingerprint density at radius 2 is 1.86 bits per heavy atom. The molecule has 0 bridgehead atoms. The summed E-state index contributed by atoms with van der Waals surface area (Å²) < 4.78 is 0. The van der Waals surface area contributed by atoms with Crippen LogP contribution in [-0.2, 0) is 16.0 Å². The molecule has 1 aliphatic heterocycles. The number of nitrogens with zero attached hydrogens (tertiary/aromatic N) is 1. The minimum atomic E-state index is 0.00233. The van der Waals surface area contributed by atoms with E-state index in [1.807, 2.05) is 29.2 Å². The van der Waals surface area contributed by atoms with E-state index < -0.39 is 0 Å². The van der Waals surface area contributed by atoms with E-state index in [4.69, 9.17) is 11.6 Å². The van der Waals surface area contributed by atoms with Crippen molar-refractivity contribution < 1.29 is 9.59 Å². The molecule has 0 spiro atoms. The molecule has 1 saturated heterocycles. The van der Waals surface area contributed by atoms with E-state index >= 15 is 0 Å². The predicted molar refractivity (Wildman–Crippen MR) is 83.2 cm³/mol. The fourth-order valence-corrected chi connectivity index (χ4v) is 2.75. The largest absolute Gasteiger partial charge is 0.353 e. The van der Waals surface area contributed by atoms with Crippen LogP contribution in [0.5, 0.6) is 0 Å². The molecule has 0 aromatic heterocycles. The highest BCUT2D eigenvalue weighted by Gasteiger charge is 2.22. The van der Waals surface area contributed by atoms with Gasteiger partial charge in [0.05, 0.1) is 0 Å². The van der Waals surface area contributed by atoms with Crippen LogP contribution in [0.1, 0.15) is 31.7 Å². The van der Waals surface area contributed by atoms with Gasteiger partial charge in [0.1, 0.15) is 0 Å². The Morgan fingerprint density at radius 3 is 2.43 bits per heavy atom. The number of piperidine rings is 1. The second-order valence-corrected chi connectivity index (χ2v) is 5.92. The highest BCUT2D eigenvalue weighted by molar-refractivity contribution is 6.30. The second-order valence-electron chi connectivity index (χ2n) is 5.48. The first-order chi connectivity index (χ1) is 10.0. The Kier molecular flexibility index (Phi) is 5.62. The minimum absolute atomic E-state index is 0.00233. The fourth-order valence-electron chi connectivity index (χ4n) is 2.62. The Labute approximate surface area is 130 Å². The van der Waals surface area contributed by atoms with Crippen molar-refractivity contribution in [2.45, 2.75) is 38.6 Å². The van der Waals surface area contributed by atoms with Crippen LogP contribution in [0.3, 0.4) is 0 Å². The van der Waals surface area contributed by atoms with Crippen LogP contribution in [0.2, 0.25) is 5.02 Å². The summed E-state index contributed by atoms with van der Waals surface area (Å²) in [4.78, 5) is 25.1. The van der Waals surface area contributed by atoms with Crippen molar-refractivity contribution in [3.63, 3.8) is 0 Å². The number of halogens is 1. The van der Waals surface area contributed by atoms with Gasteiger partial charge in [0, 0.05) is 37.5 Å². The van der Waals surface area contributed by atoms with Gasteiger partial charge >= 0.3 is 0 Å². The van der Waals surface area contributed by atoms with Crippen molar-refractivity contribution in [3.8, 4) is 0 Å². The Morgan fingerprint density at radius 1 is 1.24 bits per heavy atom. The molecule has 2 amide bonds. The molecule has 0 unspecified atom stereocenters. The van der Waals surface area contributed by atoms with Crippen molar-refractivity contribution in [2.24, 2.45) is 0 Å². The third kappa shape index (κ3) is 5.05. The maximum atomic E-state index is 12.2. The topological polar surface area (TPSA) is 49.4 Å². The molecule has 114 valence electrons. The number of amides is 2. The summed E-state index contributed by atoms with van der Waals surface area (Å²) in [6.45, 7) is 2.98. The lowest BCUT2D eigenvalue weighted by molar-refractivity contribution is -0.132. The van der Waals surface area contributed by atoms with Crippen LogP contribution >= 0.6 is 11.6 Å². The van der Waals surface area contributed by atoms with Gasteiger partial charge in [-0.25, -0.2) is 0 Å². The maximum Gasteiger partial charge on any atom is 0.222 e. The average Bonchev–Trinajstić information content (AvgIpc) is 2.46. The van der Waals surface area contributed by atoms with Crippen LogP contribution in [0.15, 0.2) is 24.3 Å². The number of rotatable bonds is 4. The summed E-state index contributed by atoms with van der Waals surface area (Å²) in [7, 11) is 0. The first-order valence-electron chi connectivity index (χ1n) is 7.34. The van der Waals surface area contributed by atoms with Crippen LogP contribution in [-0.4, -0.2) is 35.8 Å². The smallest absolute Gasteiger partial charge is 0.222 e. The lowest BCUT2D eigenvalue weighted by atomic mass is 10.0. The van der Waals surface area contributed by atoms with Gasteiger partial charge in [-0.3, -0.25) is 9.59 Å². The van der Waals surface area contributed by atoms with Crippen molar-refractivity contribution >= 4 is 23.4 Å². The number of carbonyl (C=O) groups excluding carboxylic acids is 2. The van der Waals surface area contributed by atoms with Crippen molar-refractivity contribution in [1.29, 1.82) is 0 Å². The molecule has 21 heavy (non-hydrogen) atoms. The number of likely N-dealkylation sites (tertiary alicyclic amines) is 1. The molecule has 0 saturated carbocycles. The average molecular weight is 309 g/mol. The molecule has 0 atom stereocenters. The van der Waals surface area contributed by atoms with Gasteiger partial charge in [-0.05, 0) is 37.0 Å². The number of nitrogens with one attached hydrogen (secondary N) is 1. The Bertz CT molecular complexity index is 494. The molecule has 1 fully saturated rings. The molecule has 1 heterocycles. The zero-order chi connectivity index (χ0) is 15.2. The molecule has 1 aliphatic rings. The third-order valence-corrected chi connectivity index (χ3v) is 4.05. The lowest BCUT2D eigenvalue weighted by Crippen LogP contribution is -2.46. The summed E-state index contributed by atoms with van der Waals surface area (Å²) in [5.74, 6) is 0.189. The van der Waals surface area contributed by atoms with Crippen molar-refractivity contribution in [1.82, 2.24) is 10.2 Å². The SMILES string of the molecule is CC(=O)NC1CCN(C(=O)CCc2ccc(Cl)cc2)CC1. The maximum absolute atomic E-state index is 12.2. The number of aryl methyl sites for hydroxylation is 1. The molecule has 4 nitrogen and oxygen atoms in total. The van der Waals surface area contributed by atoms with Gasteiger partial charge in [0.15, 0.2) is 0 Å². The molecular weight excluding hydrogens is 288 g/mol. The summed E-state index contributed by atoms with van der Waals surface area (Å²) >= 11 is 5.84. The van der Waals surface area contributed by atoms with E-state index in [0.717, 1.165) is 37.9 Å². The molecule has 1 aromatic rings. The van der Waals surface area contributed by atoms with Crippen LogP contribution in [0.25, 0.3) is 0 Å². The standard InChI is InChI=1S/C16H21ClN2O2/c1-12(20)18-15-8-10-19(11-9-15)16(21)7-4-13-2-5-14(17)6-3-13/h2-3,5-6,15H,4,7-11H2,1H3,(H,18,20). The molecule has 0 aliphatic carbocycles. The number of hydrogen-bond acceptors (Lipinski definition) is 2. The number of hydrogen-bond donors (Lipinski definition) is 1. The molecule has 1 aromatic carbocycles. The van der Waals surface area contributed by atoms with Gasteiger partial charge in [-0.15, -0.1) is 0 Å². The summed E-state index contributed by atoms with van der Waals surface area (Å²) in [6.07, 6.45) is 2.94. The third-order valence-electron chi connectivity index (χ3n) is 3.80. The molecular formula is C16H21ClN2O2. The van der Waals surface area contributed by atoms with Crippen molar-refractivity contribution in [3.05, 3.63) is 34.9 Å². The highest BCUT2D eigenvalue weighted by Crippen LogP contribution is 2.14. The number of carbonyl (C=O) groups is 2. The molecule has 2 rings (SSSR count). The lowest BCUT2D eigenvalue weighted by Gasteiger charge is -2.32. The van der Waals surface area contributed by atoms with Crippen LogP contribution in [0, 0.1) is 0 Å². The van der Waals surface area contributed by atoms with Crippen LogP contribution in [0.4, 0.5) is 0 Å². The normalized spacial score (nSPS) is 15.8. The zero-order valence-corrected chi connectivity index (χ0v) is 13.0. The van der Waals surface area contributed by atoms with Gasteiger partial charge in [0.25, 0.3) is 0 Å². The fraction of sp³-hybridized carbons (Fsp3) is 0.500. The highest BCUT2D eigenvalue weighted by atomic mass is 35.5. The number of benzene rings is 1. The Balaban J connectivity index is 1.74. The molecule has 0 radical (unpaired) electrons. The van der Waals surface area contributed by atoms with E-state index in [1.54, 1.807) is 0 Å². The summed E-state index contributed by atoms with van der Waals surface area (Å²) in [5, 5.41) is 3.63. The van der Waals surface area contributed by atoms with Gasteiger partial charge in [-0.1, -0.05) is 23.7 Å². The quantitative estimate of drug-likeness (QED) is 0.928. The van der Waals surface area contributed by atoms with E-state index in [2.05, 4.69) is 5.32 Å². The zero-order valence-electron chi connectivity index (χ0n) is 12.3. The van der Waals surface area contributed by atoms with Gasteiger partial charge < -0.3 is 10.2 Å². The first-order valence-corrected chi connectivity index (χ1v) is 7.71. The summed E-state index contributed by atoms with van der Waals surface area (Å²) in [6, 6.07) is 7.82. The van der Waals surface area contributed by atoms with Gasteiger partial charge in [-0.2, -0.15) is 0 Å². The van der Waals surface area contributed by atoms with Crippen LogP contribution < -0.4 is 5.32 Å².